The normalized spacial score (nSPS) is 11.5. The molecule has 3 nitrogen and oxygen atoms in total. The van der Waals surface area contributed by atoms with Gasteiger partial charge in [0.2, 0.25) is 5.91 Å². The molecule has 0 fully saturated rings. The second-order valence-electron chi connectivity index (χ2n) is 3.79. The number of likely N-dealkylation sites (N-methyl/N-ethyl adjacent to an activating group) is 1. The fraction of sp³-hybridized carbons (Fsp3) is 0.417. The second kappa shape index (κ2) is 8.03. The molecular formula is C12H18ClFN2O. The number of amides is 1. The largest absolute Gasteiger partial charge is 0.352 e. The molecule has 0 spiro atoms. The van der Waals surface area contributed by atoms with Gasteiger partial charge in [-0.3, -0.25) is 4.79 Å². The molecule has 1 unspecified atom stereocenters. The lowest BCUT2D eigenvalue weighted by atomic mass is 10.1. The molecule has 5 heteroatoms. The summed E-state index contributed by atoms with van der Waals surface area (Å²) in [5.41, 5.74) is 0.625. The Hall–Kier alpha value is -1.13. The maximum Gasteiger partial charge on any atom is 0.234 e. The minimum absolute atomic E-state index is 0. The lowest BCUT2D eigenvalue weighted by Gasteiger charge is -2.14. The van der Waals surface area contributed by atoms with E-state index in [1.165, 1.54) is 6.07 Å². The van der Waals surface area contributed by atoms with Gasteiger partial charge in [0, 0.05) is 6.04 Å². The monoisotopic (exact) mass is 260 g/mol. The lowest BCUT2D eigenvalue weighted by molar-refractivity contribution is -0.120. The van der Waals surface area contributed by atoms with E-state index in [0.717, 1.165) is 0 Å². The van der Waals surface area contributed by atoms with Crippen LogP contribution in [0.5, 0.6) is 0 Å². The van der Waals surface area contributed by atoms with Gasteiger partial charge in [0.25, 0.3) is 0 Å². The van der Waals surface area contributed by atoms with Gasteiger partial charge in [0.05, 0.1) is 6.54 Å². The minimum atomic E-state index is -0.225. The number of carbonyl (C=O) groups is 1. The smallest absolute Gasteiger partial charge is 0.234 e. The maximum atomic E-state index is 13.3. The zero-order valence-corrected chi connectivity index (χ0v) is 10.8. The van der Waals surface area contributed by atoms with E-state index in [9.17, 15) is 9.18 Å². The summed E-state index contributed by atoms with van der Waals surface area (Å²) < 4.78 is 13.3. The molecule has 0 saturated heterocycles. The van der Waals surface area contributed by atoms with Crippen molar-refractivity contribution in [1.82, 2.24) is 10.6 Å². The third-order valence-corrected chi connectivity index (χ3v) is 2.23. The van der Waals surface area contributed by atoms with E-state index in [1.807, 2.05) is 6.92 Å². The molecule has 1 rings (SSSR count). The maximum absolute atomic E-state index is 13.3. The number of rotatable bonds is 5. The molecule has 0 saturated carbocycles. The van der Waals surface area contributed by atoms with E-state index < -0.39 is 0 Å². The summed E-state index contributed by atoms with van der Waals surface area (Å²) in [5.74, 6) is -0.302. The predicted octanol–water partition coefficient (Wildman–Crippen LogP) is 1.51. The van der Waals surface area contributed by atoms with Crippen LogP contribution < -0.4 is 10.6 Å². The molecule has 2 N–H and O–H groups in total. The highest BCUT2D eigenvalue weighted by atomic mass is 35.5. The third kappa shape index (κ3) is 5.65. The number of carbonyl (C=O) groups excluding carboxylic acids is 1. The Kier molecular flexibility index (Phi) is 7.50. The van der Waals surface area contributed by atoms with E-state index in [4.69, 9.17) is 0 Å². The minimum Gasteiger partial charge on any atom is -0.352 e. The summed E-state index contributed by atoms with van der Waals surface area (Å²) in [6.07, 6.45) is 0.502. The Labute approximate surface area is 107 Å². The van der Waals surface area contributed by atoms with Crippen molar-refractivity contribution in [2.45, 2.75) is 19.4 Å². The Morgan fingerprint density at radius 3 is 2.65 bits per heavy atom. The topological polar surface area (TPSA) is 41.1 Å². The summed E-state index contributed by atoms with van der Waals surface area (Å²) in [6.45, 7) is 2.14. The first-order chi connectivity index (χ1) is 7.63. The number of hydrogen-bond donors (Lipinski definition) is 2. The molecule has 1 atom stereocenters. The molecule has 0 aromatic heterocycles. The average Bonchev–Trinajstić information content (AvgIpc) is 2.21. The molecule has 0 bridgehead atoms. The van der Waals surface area contributed by atoms with Crippen LogP contribution in [0.15, 0.2) is 24.3 Å². The van der Waals surface area contributed by atoms with Gasteiger partial charge >= 0.3 is 0 Å². The average molecular weight is 261 g/mol. The Morgan fingerprint density at radius 2 is 2.06 bits per heavy atom. The van der Waals surface area contributed by atoms with Crippen LogP contribution in [-0.4, -0.2) is 25.5 Å². The van der Waals surface area contributed by atoms with Crippen molar-refractivity contribution in [3.63, 3.8) is 0 Å². The Bertz CT molecular complexity index is 360. The van der Waals surface area contributed by atoms with Gasteiger partial charge in [-0.2, -0.15) is 0 Å². The van der Waals surface area contributed by atoms with Gasteiger partial charge < -0.3 is 10.6 Å². The van der Waals surface area contributed by atoms with Gasteiger partial charge in [0.15, 0.2) is 0 Å². The van der Waals surface area contributed by atoms with Crippen molar-refractivity contribution in [2.24, 2.45) is 0 Å². The van der Waals surface area contributed by atoms with Crippen LogP contribution in [0.4, 0.5) is 4.39 Å². The summed E-state index contributed by atoms with van der Waals surface area (Å²) in [4.78, 5) is 11.3. The lowest BCUT2D eigenvalue weighted by Crippen LogP contribution is -2.39. The molecule has 1 amide bonds. The van der Waals surface area contributed by atoms with Gasteiger partial charge in [-0.15, -0.1) is 12.4 Å². The molecule has 1 aromatic carbocycles. The first kappa shape index (κ1) is 15.9. The van der Waals surface area contributed by atoms with Crippen LogP contribution in [0, 0.1) is 5.82 Å². The molecule has 1 aromatic rings. The van der Waals surface area contributed by atoms with Crippen molar-refractivity contribution < 1.29 is 9.18 Å². The van der Waals surface area contributed by atoms with E-state index in [-0.39, 0.29) is 36.7 Å². The number of benzene rings is 1. The zero-order valence-electron chi connectivity index (χ0n) is 10.00. The van der Waals surface area contributed by atoms with Crippen molar-refractivity contribution >= 4 is 18.3 Å². The molecule has 0 radical (unpaired) electrons. The third-order valence-electron chi connectivity index (χ3n) is 2.23. The van der Waals surface area contributed by atoms with E-state index in [1.54, 1.807) is 25.2 Å². The highest BCUT2D eigenvalue weighted by Crippen LogP contribution is 2.08. The Morgan fingerprint density at radius 1 is 1.41 bits per heavy atom. The molecule has 96 valence electrons. The van der Waals surface area contributed by atoms with Crippen LogP contribution in [0.2, 0.25) is 0 Å². The fourth-order valence-electron chi connectivity index (χ4n) is 1.53. The number of nitrogens with one attached hydrogen (secondary N) is 2. The first-order valence-electron chi connectivity index (χ1n) is 5.31. The zero-order chi connectivity index (χ0) is 12.0. The van der Waals surface area contributed by atoms with Gasteiger partial charge in [-0.25, -0.2) is 4.39 Å². The Balaban J connectivity index is 0.00000256. The SMILES string of the molecule is CNCC(=O)NC(C)Cc1ccccc1F.Cl. The predicted molar refractivity (Wildman–Crippen MR) is 68.9 cm³/mol. The summed E-state index contributed by atoms with van der Waals surface area (Å²) >= 11 is 0. The molecule has 17 heavy (non-hydrogen) atoms. The summed E-state index contributed by atoms with van der Waals surface area (Å²) in [6, 6.07) is 6.54. The van der Waals surface area contributed by atoms with E-state index in [0.29, 0.717) is 12.0 Å². The van der Waals surface area contributed by atoms with Crippen molar-refractivity contribution in [3.8, 4) is 0 Å². The van der Waals surface area contributed by atoms with Crippen molar-refractivity contribution in [1.29, 1.82) is 0 Å². The highest BCUT2D eigenvalue weighted by Gasteiger charge is 2.09. The van der Waals surface area contributed by atoms with Crippen LogP contribution in [0.3, 0.4) is 0 Å². The molecule has 0 heterocycles. The van der Waals surface area contributed by atoms with Gasteiger partial charge in [-0.05, 0) is 32.0 Å². The van der Waals surface area contributed by atoms with E-state index in [2.05, 4.69) is 10.6 Å². The number of halogens is 2. The number of hydrogen-bond acceptors (Lipinski definition) is 2. The van der Waals surface area contributed by atoms with E-state index >= 15 is 0 Å². The molecule has 0 aliphatic carbocycles. The van der Waals surface area contributed by atoms with Crippen LogP contribution in [-0.2, 0) is 11.2 Å². The highest BCUT2D eigenvalue weighted by molar-refractivity contribution is 5.85. The molecule has 0 aliphatic rings. The van der Waals surface area contributed by atoms with Gasteiger partial charge in [-0.1, -0.05) is 18.2 Å². The van der Waals surface area contributed by atoms with Crippen LogP contribution in [0.1, 0.15) is 12.5 Å². The summed E-state index contributed by atoms with van der Waals surface area (Å²) in [7, 11) is 1.71. The summed E-state index contributed by atoms with van der Waals surface area (Å²) in [5, 5.41) is 5.55. The molecular weight excluding hydrogens is 243 g/mol. The second-order valence-corrected chi connectivity index (χ2v) is 3.79. The fourth-order valence-corrected chi connectivity index (χ4v) is 1.53. The van der Waals surface area contributed by atoms with Crippen LogP contribution >= 0.6 is 12.4 Å². The van der Waals surface area contributed by atoms with Gasteiger partial charge in [0.1, 0.15) is 5.82 Å². The van der Waals surface area contributed by atoms with Crippen molar-refractivity contribution in [2.75, 3.05) is 13.6 Å². The quantitative estimate of drug-likeness (QED) is 0.843. The standard InChI is InChI=1S/C12H17FN2O.ClH/c1-9(15-12(16)8-14-2)7-10-5-3-4-6-11(10)13;/h3-6,9,14H,7-8H2,1-2H3,(H,15,16);1H. The first-order valence-corrected chi connectivity index (χ1v) is 5.31. The molecule has 0 aliphatic heterocycles. The van der Waals surface area contributed by atoms with Crippen molar-refractivity contribution in [3.05, 3.63) is 35.6 Å². The van der Waals surface area contributed by atoms with Crippen LogP contribution in [0.25, 0.3) is 0 Å².